The summed E-state index contributed by atoms with van der Waals surface area (Å²) in [6.07, 6.45) is 7.05. The number of nitrogens with one attached hydrogen (secondary N) is 1. The molecule has 0 atom stereocenters. The summed E-state index contributed by atoms with van der Waals surface area (Å²) >= 11 is 0. The number of aromatic nitrogens is 6. The van der Waals surface area contributed by atoms with Crippen molar-refractivity contribution in [3.8, 4) is 28.3 Å². The van der Waals surface area contributed by atoms with Crippen molar-refractivity contribution in [3.63, 3.8) is 0 Å². The summed E-state index contributed by atoms with van der Waals surface area (Å²) < 4.78 is 3.30. The van der Waals surface area contributed by atoms with Gasteiger partial charge in [-0.05, 0) is 19.1 Å². The molecule has 0 saturated carbocycles. The van der Waals surface area contributed by atoms with Crippen molar-refractivity contribution in [1.82, 2.24) is 29.1 Å². The third kappa shape index (κ3) is 2.52. The van der Waals surface area contributed by atoms with E-state index < -0.39 is 0 Å². The van der Waals surface area contributed by atoms with Crippen LogP contribution in [0.15, 0.2) is 78.2 Å². The van der Waals surface area contributed by atoms with Crippen LogP contribution in [0.2, 0.25) is 0 Å². The number of aromatic amines is 1. The lowest BCUT2D eigenvalue weighted by Gasteiger charge is -2.06. The number of H-pyrrole nitrogens is 1. The Hall–Kier alpha value is -4.00. The van der Waals surface area contributed by atoms with E-state index in [1.807, 2.05) is 59.3 Å². The fourth-order valence-electron chi connectivity index (χ4n) is 3.25. The summed E-state index contributed by atoms with van der Waals surface area (Å²) in [5, 5.41) is 3.00. The van der Waals surface area contributed by atoms with Crippen LogP contribution in [0.1, 0.15) is 5.56 Å². The van der Waals surface area contributed by atoms with Gasteiger partial charge in [0.25, 0.3) is 5.56 Å². The van der Waals surface area contributed by atoms with Crippen LogP contribution in [0.5, 0.6) is 0 Å². The Kier molecular flexibility index (Phi) is 3.65. The van der Waals surface area contributed by atoms with Crippen LogP contribution in [-0.2, 0) is 0 Å². The van der Waals surface area contributed by atoms with Crippen LogP contribution in [0, 0.1) is 6.92 Å². The van der Waals surface area contributed by atoms with Crippen LogP contribution in [0.25, 0.3) is 34.0 Å². The average molecular weight is 368 g/mol. The number of benzene rings is 1. The minimum Gasteiger partial charge on any atom is -0.301 e. The van der Waals surface area contributed by atoms with Crippen molar-refractivity contribution in [2.75, 3.05) is 0 Å². The van der Waals surface area contributed by atoms with Crippen LogP contribution < -0.4 is 5.56 Å². The van der Waals surface area contributed by atoms with Gasteiger partial charge in [-0.25, -0.2) is 9.97 Å². The third-order valence-electron chi connectivity index (χ3n) is 4.70. The fourth-order valence-corrected chi connectivity index (χ4v) is 3.25. The van der Waals surface area contributed by atoms with Crippen LogP contribution in [0.4, 0.5) is 0 Å². The summed E-state index contributed by atoms with van der Waals surface area (Å²) in [7, 11) is 0. The highest BCUT2D eigenvalue weighted by Crippen LogP contribution is 2.23. The summed E-state index contributed by atoms with van der Waals surface area (Å²) in [5.41, 5.74) is 4.87. The normalized spacial score (nSPS) is 11.2. The number of hydrogen-bond acceptors (Lipinski definition) is 4. The van der Waals surface area contributed by atoms with E-state index in [2.05, 4.69) is 15.1 Å². The molecule has 28 heavy (non-hydrogen) atoms. The van der Waals surface area contributed by atoms with Gasteiger partial charge in [-0.1, -0.05) is 36.4 Å². The molecule has 0 fully saturated rings. The van der Waals surface area contributed by atoms with E-state index in [-0.39, 0.29) is 5.56 Å². The molecule has 0 unspecified atom stereocenters. The van der Waals surface area contributed by atoms with Gasteiger partial charge in [-0.15, -0.1) is 0 Å². The molecule has 0 amide bonds. The predicted octanol–water partition coefficient (Wildman–Crippen LogP) is 3.25. The second-order valence-electron chi connectivity index (χ2n) is 6.46. The Morgan fingerprint density at radius 2 is 1.79 bits per heavy atom. The molecule has 136 valence electrons. The zero-order chi connectivity index (χ0) is 19.1. The Morgan fingerprint density at radius 1 is 0.964 bits per heavy atom. The van der Waals surface area contributed by atoms with Crippen molar-refractivity contribution in [3.05, 3.63) is 89.4 Å². The van der Waals surface area contributed by atoms with E-state index in [1.165, 1.54) is 4.52 Å². The van der Waals surface area contributed by atoms with Crippen molar-refractivity contribution < 1.29 is 0 Å². The number of nitrogens with zero attached hydrogens (tertiary/aromatic N) is 5. The van der Waals surface area contributed by atoms with E-state index in [0.717, 1.165) is 22.6 Å². The first-order chi connectivity index (χ1) is 13.7. The zero-order valence-electron chi connectivity index (χ0n) is 15.1. The maximum absolute atomic E-state index is 12.9. The molecule has 0 bridgehead atoms. The first-order valence-corrected chi connectivity index (χ1v) is 8.84. The van der Waals surface area contributed by atoms with Gasteiger partial charge in [0.1, 0.15) is 17.7 Å². The third-order valence-corrected chi connectivity index (χ3v) is 4.70. The molecule has 0 saturated heterocycles. The summed E-state index contributed by atoms with van der Waals surface area (Å²) in [6.45, 7) is 1.79. The van der Waals surface area contributed by atoms with Gasteiger partial charge in [0, 0.05) is 29.7 Å². The molecule has 4 heterocycles. The second-order valence-corrected chi connectivity index (χ2v) is 6.46. The lowest BCUT2D eigenvalue weighted by atomic mass is 10.1. The quantitative estimate of drug-likeness (QED) is 0.530. The van der Waals surface area contributed by atoms with E-state index in [1.54, 1.807) is 25.6 Å². The summed E-state index contributed by atoms with van der Waals surface area (Å²) in [4.78, 5) is 26.4. The maximum Gasteiger partial charge on any atom is 0.276 e. The topological polar surface area (TPSA) is 80.9 Å². The van der Waals surface area contributed by atoms with Crippen molar-refractivity contribution in [2.45, 2.75) is 6.92 Å². The number of rotatable bonds is 3. The molecule has 0 aliphatic heterocycles. The molecule has 7 heteroatoms. The second kappa shape index (κ2) is 6.31. The first-order valence-electron chi connectivity index (χ1n) is 8.84. The van der Waals surface area contributed by atoms with Crippen molar-refractivity contribution >= 4 is 5.65 Å². The monoisotopic (exact) mass is 368 g/mol. The fraction of sp³-hybridized carbons (Fsp3) is 0.0476. The number of pyridine rings is 1. The average Bonchev–Trinajstić information content (AvgIpc) is 3.39. The standard InChI is InChI=1S/C21H16N6O/c1-14-19(15-7-3-2-4-8-15)25-20-18(11-24-27(20)21(14)28)26-12-17(23-13-26)16-9-5-6-10-22-16/h2-13,24H,1H3. The lowest BCUT2D eigenvalue weighted by Crippen LogP contribution is -2.19. The minimum atomic E-state index is -0.125. The highest BCUT2D eigenvalue weighted by Gasteiger charge is 2.16. The Bertz CT molecular complexity index is 1330. The molecular weight excluding hydrogens is 352 g/mol. The Labute approximate surface area is 160 Å². The van der Waals surface area contributed by atoms with E-state index >= 15 is 0 Å². The highest BCUT2D eigenvalue weighted by atomic mass is 16.1. The van der Waals surface area contributed by atoms with Gasteiger partial charge in [0.05, 0.1) is 11.4 Å². The smallest absolute Gasteiger partial charge is 0.276 e. The summed E-state index contributed by atoms with van der Waals surface area (Å²) in [5.74, 6) is 0. The number of imidazole rings is 1. The number of fused-ring (bicyclic) bond motifs is 1. The van der Waals surface area contributed by atoms with Crippen molar-refractivity contribution in [1.29, 1.82) is 0 Å². The molecule has 1 N–H and O–H groups in total. The highest BCUT2D eigenvalue weighted by molar-refractivity contribution is 5.69. The van der Waals surface area contributed by atoms with E-state index in [4.69, 9.17) is 4.98 Å². The van der Waals surface area contributed by atoms with Crippen LogP contribution >= 0.6 is 0 Å². The van der Waals surface area contributed by atoms with Crippen molar-refractivity contribution in [2.24, 2.45) is 0 Å². The van der Waals surface area contributed by atoms with E-state index in [0.29, 0.717) is 16.9 Å². The SMILES string of the molecule is Cc1c(-c2ccccc2)nc2c(-n3cnc(-c4ccccn4)c3)c[nH]n2c1=O. The van der Waals surface area contributed by atoms with Gasteiger partial charge < -0.3 is 4.57 Å². The van der Waals surface area contributed by atoms with Gasteiger partial charge >= 0.3 is 0 Å². The van der Waals surface area contributed by atoms with Gasteiger partial charge in [0.2, 0.25) is 0 Å². The lowest BCUT2D eigenvalue weighted by molar-refractivity contribution is 0.887. The first kappa shape index (κ1) is 16.2. The molecule has 0 aliphatic carbocycles. The maximum atomic E-state index is 12.9. The number of hydrogen-bond donors (Lipinski definition) is 1. The minimum absolute atomic E-state index is 0.125. The van der Waals surface area contributed by atoms with Gasteiger partial charge in [-0.2, -0.15) is 4.52 Å². The van der Waals surface area contributed by atoms with Crippen LogP contribution in [0.3, 0.4) is 0 Å². The van der Waals surface area contributed by atoms with Gasteiger partial charge in [-0.3, -0.25) is 14.9 Å². The largest absolute Gasteiger partial charge is 0.301 e. The molecule has 0 spiro atoms. The molecular formula is C21H16N6O. The van der Waals surface area contributed by atoms with Gasteiger partial charge in [0.15, 0.2) is 5.65 Å². The molecule has 0 radical (unpaired) electrons. The molecule has 1 aromatic carbocycles. The molecule has 4 aromatic heterocycles. The van der Waals surface area contributed by atoms with Crippen LogP contribution in [-0.4, -0.2) is 29.1 Å². The van der Waals surface area contributed by atoms with E-state index in [9.17, 15) is 4.79 Å². The Morgan fingerprint density at radius 3 is 2.57 bits per heavy atom. The Balaban J connectivity index is 1.69. The summed E-state index contributed by atoms with van der Waals surface area (Å²) in [6, 6.07) is 15.4. The molecule has 7 nitrogen and oxygen atoms in total. The molecule has 5 rings (SSSR count). The predicted molar refractivity (Wildman–Crippen MR) is 106 cm³/mol. The molecule has 5 aromatic rings. The molecule has 0 aliphatic rings. The zero-order valence-corrected chi connectivity index (χ0v) is 15.1.